The lowest BCUT2D eigenvalue weighted by molar-refractivity contribution is 0.575. The molecule has 1 nitrogen and oxygen atoms in total. The summed E-state index contributed by atoms with van der Waals surface area (Å²) in [7, 11) is 0. The summed E-state index contributed by atoms with van der Waals surface area (Å²) in [5.41, 5.74) is 2.51. The van der Waals surface area contributed by atoms with E-state index in [2.05, 4.69) is 60.8 Å². The normalized spacial score (nSPS) is 12.5. The van der Waals surface area contributed by atoms with Gasteiger partial charge in [0.15, 0.2) is 0 Å². The molecule has 3 rings (SSSR count). The van der Waals surface area contributed by atoms with Gasteiger partial charge >= 0.3 is 0 Å². The molecule has 0 radical (unpaired) electrons. The topological polar surface area (TPSA) is 12.0 Å². The fraction of sp³-hybridized carbons (Fsp3) is 0.158. The van der Waals surface area contributed by atoms with E-state index in [1.807, 2.05) is 18.2 Å². The van der Waals surface area contributed by atoms with Gasteiger partial charge in [-0.05, 0) is 47.0 Å². The highest BCUT2D eigenvalue weighted by Gasteiger charge is 2.05. The number of halogens is 1. The van der Waals surface area contributed by atoms with Gasteiger partial charge in [0, 0.05) is 17.6 Å². The van der Waals surface area contributed by atoms with Gasteiger partial charge in [0.1, 0.15) is 0 Å². The molecule has 21 heavy (non-hydrogen) atoms. The highest BCUT2D eigenvalue weighted by atomic mass is 35.5. The van der Waals surface area contributed by atoms with Crippen molar-refractivity contribution in [1.29, 1.82) is 0 Å². The zero-order chi connectivity index (χ0) is 14.7. The summed E-state index contributed by atoms with van der Waals surface area (Å²) in [5, 5.41) is 6.90. The molecule has 0 aliphatic carbocycles. The van der Waals surface area contributed by atoms with Crippen LogP contribution in [0.2, 0.25) is 5.02 Å². The zero-order valence-electron chi connectivity index (χ0n) is 12.0. The molecule has 0 saturated heterocycles. The smallest absolute Gasteiger partial charge is 0.0409 e. The van der Waals surface area contributed by atoms with Crippen molar-refractivity contribution in [2.75, 3.05) is 0 Å². The molecule has 0 fully saturated rings. The van der Waals surface area contributed by atoms with Crippen molar-refractivity contribution in [2.24, 2.45) is 0 Å². The van der Waals surface area contributed by atoms with Gasteiger partial charge in [-0.2, -0.15) is 0 Å². The Kier molecular flexibility index (Phi) is 4.23. The largest absolute Gasteiger partial charge is 0.306 e. The maximum absolute atomic E-state index is 6.04. The van der Waals surface area contributed by atoms with E-state index in [1.165, 1.54) is 21.9 Å². The lowest BCUT2D eigenvalue weighted by Gasteiger charge is -2.15. The average Bonchev–Trinajstić information content (AvgIpc) is 2.52. The molecule has 3 aromatic carbocycles. The van der Waals surface area contributed by atoms with Crippen molar-refractivity contribution in [1.82, 2.24) is 5.32 Å². The summed E-state index contributed by atoms with van der Waals surface area (Å²) in [6, 6.07) is 23.3. The Morgan fingerprint density at radius 2 is 1.71 bits per heavy atom. The lowest BCUT2D eigenvalue weighted by atomic mass is 10.1. The van der Waals surface area contributed by atoms with Crippen molar-refractivity contribution in [3.8, 4) is 0 Å². The number of hydrogen-bond acceptors (Lipinski definition) is 1. The molecule has 0 amide bonds. The molecule has 3 aromatic rings. The number of hydrogen-bond donors (Lipinski definition) is 1. The van der Waals surface area contributed by atoms with Crippen LogP contribution >= 0.6 is 11.6 Å². The minimum absolute atomic E-state index is 0.273. The molecular formula is C19H18ClN. The highest BCUT2D eigenvalue weighted by Crippen LogP contribution is 2.19. The minimum Gasteiger partial charge on any atom is -0.306 e. The van der Waals surface area contributed by atoms with Crippen molar-refractivity contribution in [3.05, 3.63) is 82.9 Å². The van der Waals surface area contributed by atoms with Gasteiger partial charge in [0.25, 0.3) is 0 Å². The van der Waals surface area contributed by atoms with Crippen LogP contribution in [0.15, 0.2) is 66.7 Å². The summed E-state index contributed by atoms with van der Waals surface area (Å²) < 4.78 is 0. The predicted molar refractivity (Wildman–Crippen MR) is 90.7 cm³/mol. The van der Waals surface area contributed by atoms with Crippen molar-refractivity contribution >= 4 is 22.4 Å². The van der Waals surface area contributed by atoms with E-state index in [0.29, 0.717) is 0 Å². The van der Waals surface area contributed by atoms with Crippen LogP contribution in [0.4, 0.5) is 0 Å². The molecule has 0 aliphatic rings. The second-order valence-electron chi connectivity index (χ2n) is 5.34. The monoisotopic (exact) mass is 295 g/mol. The van der Waals surface area contributed by atoms with E-state index >= 15 is 0 Å². The Bertz CT molecular complexity index is 751. The van der Waals surface area contributed by atoms with Crippen LogP contribution in [0, 0.1) is 0 Å². The summed E-state index contributed by atoms with van der Waals surface area (Å²) >= 11 is 6.04. The average molecular weight is 296 g/mol. The SMILES string of the molecule is C[C@@H](NCc1ccc2ccccc2c1)c1cccc(Cl)c1. The van der Waals surface area contributed by atoms with E-state index in [1.54, 1.807) is 0 Å². The molecule has 0 saturated carbocycles. The third-order valence-corrected chi connectivity index (χ3v) is 4.01. The lowest BCUT2D eigenvalue weighted by Crippen LogP contribution is -2.17. The zero-order valence-corrected chi connectivity index (χ0v) is 12.8. The van der Waals surface area contributed by atoms with Gasteiger partial charge in [-0.25, -0.2) is 0 Å². The van der Waals surface area contributed by atoms with Crippen LogP contribution in [0.1, 0.15) is 24.1 Å². The molecule has 2 heteroatoms. The first-order valence-corrected chi connectivity index (χ1v) is 7.57. The Morgan fingerprint density at radius 1 is 0.905 bits per heavy atom. The van der Waals surface area contributed by atoms with Crippen LogP contribution < -0.4 is 5.32 Å². The third-order valence-electron chi connectivity index (χ3n) is 3.77. The Morgan fingerprint density at radius 3 is 2.52 bits per heavy atom. The standard InChI is InChI=1S/C19H18ClN/c1-14(17-7-4-8-19(20)12-17)21-13-15-9-10-16-5-2-3-6-18(16)11-15/h2-12,14,21H,13H2,1H3/t14-/m1/s1. The maximum atomic E-state index is 6.04. The fourth-order valence-corrected chi connectivity index (χ4v) is 2.71. The van der Waals surface area contributed by atoms with Crippen LogP contribution in [0.25, 0.3) is 10.8 Å². The van der Waals surface area contributed by atoms with Crippen molar-refractivity contribution in [2.45, 2.75) is 19.5 Å². The molecule has 1 atom stereocenters. The molecule has 0 aliphatic heterocycles. The minimum atomic E-state index is 0.273. The Balaban J connectivity index is 1.71. The van der Waals surface area contributed by atoms with Gasteiger partial charge in [-0.15, -0.1) is 0 Å². The maximum Gasteiger partial charge on any atom is 0.0409 e. The van der Waals surface area contributed by atoms with E-state index in [4.69, 9.17) is 11.6 Å². The summed E-state index contributed by atoms with van der Waals surface area (Å²) in [5.74, 6) is 0. The van der Waals surface area contributed by atoms with Crippen LogP contribution in [0.3, 0.4) is 0 Å². The molecule has 0 spiro atoms. The van der Waals surface area contributed by atoms with E-state index in [-0.39, 0.29) is 6.04 Å². The number of fused-ring (bicyclic) bond motifs is 1. The highest BCUT2D eigenvalue weighted by molar-refractivity contribution is 6.30. The van der Waals surface area contributed by atoms with E-state index in [9.17, 15) is 0 Å². The molecule has 106 valence electrons. The van der Waals surface area contributed by atoms with Crippen LogP contribution in [-0.4, -0.2) is 0 Å². The molecule has 0 heterocycles. The fourth-order valence-electron chi connectivity index (χ4n) is 2.51. The second kappa shape index (κ2) is 6.30. The van der Waals surface area contributed by atoms with Gasteiger partial charge in [-0.1, -0.05) is 60.1 Å². The van der Waals surface area contributed by atoms with Gasteiger partial charge in [-0.3, -0.25) is 0 Å². The van der Waals surface area contributed by atoms with Crippen LogP contribution in [-0.2, 0) is 6.54 Å². The summed E-state index contributed by atoms with van der Waals surface area (Å²) in [6.07, 6.45) is 0. The first-order valence-electron chi connectivity index (χ1n) is 7.19. The molecule has 0 bridgehead atoms. The number of benzene rings is 3. The quantitative estimate of drug-likeness (QED) is 0.684. The van der Waals surface area contributed by atoms with Crippen LogP contribution in [0.5, 0.6) is 0 Å². The van der Waals surface area contributed by atoms with Crippen molar-refractivity contribution < 1.29 is 0 Å². The van der Waals surface area contributed by atoms with Gasteiger partial charge in [0.2, 0.25) is 0 Å². The van der Waals surface area contributed by atoms with E-state index < -0.39 is 0 Å². The first kappa shape index (κ1) is 14.1. The second-order valence-corrected chi connectivity index (χ2v) is 5.78. The molecule has 0 unspecified atom stereocenters. The van der Waals surface area contributed by atoms with Crippen molar-refractivity contribution in [3.63, 3.8) is 0 Å². The number of rotatable bonds is 4. The molecule has 0 aromatic heterocycles. The molecular weight excluding hydrogens is 278 g/mol. The summed E-state index contributed by atoms with van der Waals surface area (Å²) in [6.45, 7) is 3.01. The number of nitrogens with one attached hydrogen (secondary N) is 1. The van der Waals surface area contributed by atoms with Gasteiger partial charge in [0.05, 0.1) is 0 Å². The van der Waals surface area contributed by atoms with E-state index in [0.717, 1.165) is 11.6 Å². The van der Waals surface area contributed by atoms with Gasteiger partial charge < -0.3 is 5.32 Å². The molecule has 1 N–H and O–H groups in total. The summed E-state index contributed by atoms with van der Waals surface area (Å²) in [4.78, 5) is 0. The Hall–Kier alpha value is -1.83. The first-order chi connectivity index (χ1) is 10.2. The Labute approximate surface area is 130 Å². The predicted octanol–water partition coefficient (Wildman–Crippen LogP) is 5.34. The third kappa shape index (κ3) is 3.44.